The number of hydrogen-bond acceptors (Lipinski definition) is 2. The largest absolute Gasteiger partial charge is 0.357 e. The summed E-state index contributed by atoms with van der Waals surface area (Å²) in [5.74, 6) is 1.53. The number of halogens is 1. The minimum absolute atomic E-state index is 0. The van der Waals surface area contributed by atoms with Crippen molar-refractivity contribution in [2.75, 3.05) is 19.6 Å². The molecule has 152 valence electrons. The van der Waals surface area contributed by atoms with Gasteiger partial charge in [0.25, 0.3) is 5.91 Å². The number of rotatable bonds is 6. The number of nitrogens with zero attached hydrogens (tertiary/aromatic N) is 2. The molecule has 2 N–H and O–H groups in total. The van der Waals surface area contributed by atoms with Crippen LogP contribution in [0, 0.1) is 5.92 Å². The lowest BCUT2D eigenvalue weighted by molar-refractivity contribution is 0.0724. The summed E-state index contributed by atoms with van der Waals surface area (Å²) >= 11 is 0. The Morgan fingerprint density at radius 2 is 1.74 bits per heavy atom. The molecular weight excluding hydrogens is 451 g/mol. The van der Waals surface area contributed by atoms with Gasteiger partial charge in [0.05, 0.1) is 6.54 Å². The van der Waals surface area contributed by atoms with Gasteiger partial charge in [-0.25, -0.2) is 4.99 Å². The summed E-state index contributed by atoms with van der Waals surface area (Å²) in [5, 5.41) is 6.73. The average Bonchev–Trinajstić information content (AvgIpc) is 2.66. The fourth-order valence-corrected chi connectivity index (χ4v) is 2.90. The van der Waals surface area contributed by atoms with E-state index < -0.39 is 0 Å². The third-order valence-electron chi connectivity index (χ3n) is 4.97. The van der Waals surface area contributed by atoms with Gasteiger partial charge in [0.1, 0.15) is 0 Å². The zero-order chi connectivity index (χ0) is 18.9. The van der Waals surface area contributed by atoms with Gasteiger partial charge in [0, 0.05) is 31.2 Å². The highest BCUT2D eigenvalue weighted by atomic mass is 127. The highest BCUT2D eigenvalue weighted by Crippen LogP contribution is 2.14. The lowest BCUT2D eigenvalue weighted by Gasteiger charge is -2.26. The van der Waals surface area contributed by atoms with Crippen molar-refractivity contribution in [2.24, 2.45) is 10.9 Å². The van der Waals surface area contributed by atoms with Crippen LogP contribution in [-0.4, -0.2) is 42.4 Å². The molecule has 1 aliphatic heterocycles. The zero-order valence-corrected chi connectivity index (χ0v) is 19.5. The van der Waals surface area contributed by atoms with Gasteiger partial charge >= 0.3 is 0 Å². The summed E-state index contributed by atoms with van der Waals surface area (Å²) in [6.07, 6.45) is 3.47. The molecule has 1 fully saturated rings. The SMILES string of the molecule is CCNC(=NCc1ccc(C(=O)N2CCCCC2)cc1)NC(C)C(C)C.I. The van der Waals surface area contributed by atoms with Crippen LogP contribution in [0.1, 0.15) is 62.9 Å². The standard InChI is InChI=1S/C21H34N4O.HI/c1-5-22-21(24-17(4)16(2)3)23-15-18-9-11-19(12-10-18)20(26)25-13-7-6-8-14-25;/h9-12,16-17H,5-8,13-15H2,1-4H3,(H2,22,23,24);1H. The van der Waals surface area contributed by atoms with E-state index in [4.69, 9.17) is 0 Å². The maximum Gasteiger partial charge on any atom is 0.253 e. The first-order valence-electron chi connectivity index (χ1n) is 9.94. The predicted molar refractivity (Wildman–Crippen MR) is 124 cm³/mol. The maximum absolute atomic E-state index is 12.5. The lowest BCUT2D eigenvalue weighted by Crippen LogP contribution is -2.44. The quantitative estimate of drug-likeness (QED) is 0.363. The second kappa shape index (κ2) is 12.2. The van der Waals surface area contributed by atoms with Crippen molar-refractivity contribution >= 4 is 35.8 Å². The number of carbonyl (C=O) groups is 1. The van der Waals surface area contributed by atoms with Crippen LogP contribution in [0.15, 0.2) is 29.3 Å². The highest BCUT2D eigenvalue weighted by Gasteiger charge is 2.17. The van der Waals surface area contributed by atoms with E-state index in [1.54, 1.807) is 0 Å². The predicted octanol–water partition coefficient (Wildman–Crippen LogP) is 4.03. The van der Waals surface area contributed by atoms with E-state index in [0.717, 1.165) is 49.6 Å². The normalized spacial score (nSPS) is 15.9. The van der Waals surface area contributed by atoms with Crippen LogP contribution < -0.4 is 10.6 Å². The molecule has 1 amide bonds. The molecule has 0 aliphatic carbocycles. The number of benzene rings is 1. The first-order chi connectivity index (χ1) is 12.5. The van der Waals surface area contributed by atoms with E-state index >= 15 is 0 Å². The van der Waals surface area contributed by atoms with Gasteiger partial charge in [0.2, 0.25) is 0 Å². The van der Waals surface area contributed by atoms with Gasteiger partial charge in [0.15, 0.2) is 5.96 Å². The molecule has 0 saturated carbocycles. The van der Waals surface area contributed by atoms with Gasteiger partial charge in [-0.05, 0) is 56.7 Å². The molecule has 0 aromatic heterocycles. The van der Waals surface area contributed by atoms with Crippen LogP contribution in [0.4, 0.5) is 0 Å². The molecule has 1 aromatic carbocycles. The number of guanidine groups is 1. The average molecular weight is 486 g/mol. The monoisotopic (exact) mass is 486 g/mol. The summed E-state index contributed by atoms with van der Waals surface area (Å²) in [6, 6.07) is 8.24. The van der Waals surface area contributed by atoms with Gasteiger partial charge in [-0.2, -0.15) is 0 Å². The molecular formula is C21H35IN4O. The van der Waals surface area contributed by atoms with Crippen molar-refractivity contribution in [3.05, 3.63) is 35.4 Å². The van der Waals surface area contributed by atoms with Crippen LogP contribution in [0.25, 0.3) is 0 Å². The number of carbonyl (C=O) groups excluding carboxylic acids is 1. The molecule has 2 rings (SSSR count). The van der Waals surface area contributed by atoms with Crippen molar-refractivity contribution in [1.82, 2.24) is 15.5 Å². The van der Waals surface area contributed by atoms with Gasteiger partial charge in [-0.1, -0.05) is 26.0 Å². The molecule has 1 aliphatic rings. The smallest absolute Gasteiger partial charge is 0.253 e. The van der Waals surface area contributed by atoms with Gasteiger partial charge in [-0.15, -0.1) is 24.0 Å². The summed E-state index contributed by atoms with van der Waals surface area (Å²) in [7, 11) is 0. The lowest BCUT2D eigenvalue weighted by atomic mass is 10.1. The fraction of sp³-hybridized carbons (Fsp3) is 0.619. The Bertz CT molecular complexity index is 595. The number of amides is 1. The molecule has 1 unspecified atom stereocenters. The Hall–Kier alpha value is -1.31. The fourth-order valence-electron chi connectivity index (χ4n) is 2.90. The molecule has 27 heavy (non-hydrogen) atoms. The summed E-state index contributed by atoms with van der Waals surface area (Å²) in [4.78, 5) is 19.2. The number of likely N-dealkylation sites (tertiary alicyclic amines) is 1. The zero-order valence-electron chi connectivity index (χ0n) is 17.1. The van der Waals surface area contributed by atoms with Crippen molar-refractivity contribution in [3.63, 3.8) is 0 Å². The van der Waals surface area contributed by atoms with Crippen molar-refractivity contribution in [1.29, 1.82) is 0 Å². The Morgan fingerprint density at radius 3 is 2.30 bits per heavy atom. The third-order valence-corrected chi connectivity index (χ3v) is 4.97. The first kappa shape index (κ1) is 23.7. The molecule has 0 radical (unpaired) electrons. The van der Waals surface area contributed by atoms with Crippen molar-refractivity contribution in [2.45, 2.75) is 59.5 Å². The Morgan fingerprint density at radius 1 is 1.11 bits per heavy atom. The number of aliphatic imine (C=N–C) groups is 1. The van der Waals surface area contributed by atoms with E-state index in [1.807, 2.05) is 29.2 Å². The molecule has 6 heteroatoms. The minimum Gasteiger partial charge on any atom is -0.357 e. The van der Waals surface area contributed by atoms with Gasteiger partial charge in [-0.3, -0.25) is 4.79 Å². The topological polar surface area (TPSA) is 56.7 Å². The Labute approximate surface area is 181 Å². The summed E-state index contributed by atoms with van der Waals surface area (Å²) in [5.41, 5.74) is 1.88. The van der Waals surface area contributed by atoms with Crippen molar-refractivity contribution in [3.8, 4) is 0 Å². The Balaban J connectivity index is 0.00000364. The third kappa shape index (κ3) is 7.68. The van der Waals surface area contributed by atoms with Crippen LogP contribution in [-0.2, 0) is 6.54 Å². The Kier molecular flexibility index (Phi) is 10.7. The first-order valence-corrected chi connectivity index (χ1v) is 9.94. The molecule has 0 bridgehead atoms. The molecule has 1 heterocycles. The summed E-state index contributed by atoms with van der Waals surface area (Å²) in [6.45, 7) is 11.8. The van der Waals surface area contributed by atoms with Crippen LogP contribution >= 0.6 is 24.0 Å². The minimum atomic E-state index is 0. The van der Waals surface area contributed by atoms with E-state index in [9.17, 15) is 4.79 Å². The van der Waals surface area contributed by atoms with E-state index in [0.29, 0.717) is 18.5 Å². The van der Waals surface area contributed by atoms with Crippen LogP contribution in [0.3, 0.4) is 0 Å². The number of piperidine rings is 1. The molecule has 1 atom stereocenters. The summed E-state index contributed by atoms with van der Waals surface area (Å²) < 4.78 is 0. The maximum atomic E-state index is 12.5. The molecule has 1 saturated heterocycles. The van der Waals surface area contributed by atoms with Crippen LogP contribution in [0.2, 0.25) is 0 Å². The van der Waals surface area contributed by atoms with E-state index in [2.05, 4.69) is 43.3 Å². The number of hydrogen-bond donors (Lipinski definition) is 2. The van der Waals surface area contributed by atoms with Crippen molar-refractivity contribution < 1.29 is 4.79 Å². The van der Waals surface area contributed by atoms with Gasteiger partial charge < -0.3 is 15.5 Å². The van der Waals surface area contributed by atoms with E-state index in [-0.39, 0.29) is 29.9 Å². The highest BCUT2D eigenvalue weighted by molar-refractivity contribution is 14.0. The molecule has 5 nitrogen and oxygen atoms in total. The van der Waals surface area contributed by atoms with Crippen LogP contribution in [0.5, 0.6) is 0 Å². The second-order valence-electron chi connectivity index (χ2n) is 7.42. The van der Waals surface area contributed by atoms with E-state index in [1.165, 1.54) is 6.42 Å². The molecule has 0 spiro atoms. The second-order valence-corrected chi connectivity index (χ2v) is 7.42. The number of nitrogens with one attached hydrogen (secondary N) is 2. The molecule has 1 aromatic rings.